The number of carbonyl (C=O) groups is 1. The lowest BCUT2D eigenvalue weighted by Gasteiger charge is -2.40. The molecule has 3 saturated carbocycles. The summed E-state index contributed by atoms with van der Waals surface area (Å²) in [6.45, 7) is 2.37. The molecule has 19 heavy (non-hydrogen) atoms. The molecule has 0 aromatic carbocycles. The third kappa shape index (κ3) is 2.54. The zero-order valence-electron chi connectivity index (χ0n) is 12.0. The largest absolute Gasteiger partial charge is 0.394 e. The molecule has 0 aliphatic heterocycles. The normalized spacial score (nSPS) is 45.4. The fourth-order valence-electron chi connectivity index (χ4n) is 4.56. The Bertz CT molecular complexity index is 347. The number of rotatable bonds is 3. The molecule has 0 aromatic rings. The van der Waals surface area contributed by atoms with Gasteiger partial charge in [0.2, 0.25) is 5.91 Å². The predicted octanol–water partition coefficient (Wildman–Crippen LogP) is 2.48. The summed E-state index contributed by atoms with van der Waals surface area (Å²) in [4.78, 5) is 12.5. The lowest BCUT2D eigenvalue weighted by Crippen LogP contribution is -2.55. The summed E-state index contributed by atoms with van der Waals surface area (Å²) in [6, 6.07) is 0. The zero-order chi connectivity index (χ0) is 13.5. The van der Waals surface area contributed by atoms with E-state index in [0.29, 0.717) is 5.92 Å². The molecule has 3 rings (SSSR count). The molecule has 0 saturated heterocycles. The van der Waals surface area contributed by atoms with Crippen LogP contribution >= 0.6 is 0 Å². The van der Waals surface area contributed by atoms with Gasteiger partial charge in [-0.1, -0.05) is 13.3 Å². The molecule has 3 aliphatic rings. The van der Waals surface area contributed by atoms with Gasteiger partial charge < -0.3 is 10.4 Å². The van der Waals surface area contributed by atoms with Gasteiger partial charge >= 0.3 is 0 Å². The van der Waals surface area contributed by atoms with Crippen molar-refractivity contribution >= 4 is 5.91 Å². The first-order chi connectivity index (χ1) is 9.12. The molecular formula is C16H27NO2. The van der Waals surface area contributed by atoms with Crippen LogP contribution in [-0.2, 0) is 4.79 Å². The predicted molar refractivity (Wildman–Crippen MR) is 74.5 cm³/mol. The Morgan fingerprint density at radius 1 is 1.21 bits per heavy atom. The van der Waals surface area contributed by atoms with Gasteiger partial charge in [0.05, 0.1) is 12.1 Å². The van der Waals surface area contributed by atoms with E-state index >= 15 is 0 Å². The Morgan fingerprint density at radius 3 is 2.47 bits per heavy atom. The molecule has 0 spiro atoms. The number of carbonyl (C=O) groups excluding carboxylic acids is 1. The summed E-state index contributed by atoms with van der Waals surface area (Å²) in [5.74, 6) is 2.64. The van der Waals surface area contributed by atoms with Gasteiger partial charge in [0, 0.05) is 5.92 Å². The monoisotopic (exact) mass is 265 g/mol. The summed E-state index contributed by atoms with van der Waals surface area (Å²) in [7, 11) is 0. The second kappa shape index (κ2) is 5.08. The SMILES string of the molecule is CC1CCC(CO)(NC(=O)C2CC3CCC2C3)CC1. The average molecular weight is 265 g/mol. The van der Waals surface area contributed by atoms with Crippen molar-refractivity contribution in [1.29, 1.82) is 0 Å². The van der Waals surface area contributed by atoms with Gasteiger partial charge in [0.15, 0.2) is 0 Å². The van der Waals surface area contributed by atoms with Gasteiger partial charge in [0.1, 0.15) is 0 Å². The second-order valence-corrected chi connectivity index (χ2v) is 7.39. The summed E-state index contributed by atoms with van der Waals surface area (Å²) >= 11 is 0. The number of hydrogen-bond donors (Lipinski definition) is 2. The van der Waals surface area contributed by atoms with Crippen LogP contribution in [-0.4, -0.2) is 23.2 Å². The lowest BCUT2D eigenvalue weighted by atomic mass is 9.77. The smallest absolute Gasteiger partial charge is 0.223 e. The van der Waals surface area contributed by atoms with Crippen molar-refractivity contribution in [1.82, 2.24) is 5.32 Å². The van der Waals surface area contributed by atoms with E-state index in [9.17, 15) is 9.90 Å². The number of hydrogen-bond acceptors (Lipinski definition) is 2. The minimum Gasteiger partial charge on any atom is -0.394 e. The third-order valence-electron chi connectivity index (χ3n) is 6.00. The van der Waals surface area contributed by atoms with Crippen molar-refractivity contribution in [2.45, 2.75) is 63.8 Å². The second-order valence-electron chi connectivity index (χ2n) is 7.39. The van der Waals surface area contributed by atoms with E-state index in [0.717, 1.165) is 43.9 Å². The summed E-state index contributed by atoms with van der Waals surface area (Å²) in [5.41, 5.74) is -0.314. The molecule has 0 radical (unpaired) electrons. The van der Waals surface area contributed by atoms with Crippen LogP contribution in [0, 0.1) is 23.7 Å². The highest BCUT2D eigenvalue weighted by molar-refractivity contribution is 5.80. The van der Waals surface area contributed by atoms with Crippen LogP contribution in [0.2, 0.25) is 0 Å². The molecule has 0 heterocycles. The highest BCUT2D eigenvalue weighted by Gasteiger charge is 2.45. The van der Waals surface area contributed by atoms with Crippen LogP contribution in [0.25, 0.3) is 0 Å². The van der Waals surface area contributed by atoms with Crippen LogP contribution in [0.4, 0.5) is 0 Å². The van der Waals surface area contributed by atoms with Crippen LogP contribution in [0.1, 0.15) is 58.3 Å². The first kappa shape index (κ1) is 13.4. The number of amides is 1. The van der Waals surface area contributed by atoms with Crippen molar-refractivity contribution in [3.63, 3.8) is 0 Å². The van der Waals surface area contributed by atoms with Crippen LogP contribution in [0.5, 0.6) is 0 Å². The molecule has 2 bridgehead atoms. The van der Waals surface area contributed by atoms with Crippen molar-refractivity contribution < 1.29 is 9.90 Å². The molecule has 2 N–H and O–H groups in total. The standard InChI is InChI=1S/C16H27NO2/c1-11-4-6-16(10-18,7-5-11)17-15(19)14-9-12-2-3-13(14)8-12/h11-14,18H,2-10H2,1H3,(H,17,19). The quantitative estimate of drug-likeness (QED) is 0.823. The Morgan fingerprint density at radius 2 is 1.95 bits per heavy atom. The Labute approximate surface area is 116 Å². The van der Waals surface area contributed by atoms with Gasteiger partial charge in [-0.3, -0.25) is 4.79 Å². The summed E-state index contributed by atoms with van der Waals surface area (Å²) in [6.07, 6.45) is 9.06. The number of nitrogens with one attached hydrogen (secondary N) is 1. The van der Waals surface area contributed by atoms with E-state index in [1.165, 1.54) is 19.3 Å². The van der Waals surface area contributed by atoms with E-state index < -0.39 is 0 Å². The first-order valence-corrected chi connectivity index (χ1v) is 8.05. The van der Waals surface area contributed by atoms with Gasteiger partial charge in [0.25, 0.3) is 0 Å². The molecule has 1 amide bonds. The number of fused-ring (bicyclic) bond motifs is 2. The maximum absolute atomic E-state index is 12.5. The molecule has 108 valence electrons. The van der Waals surface area contributed by atoms with E-state index in [1.54, 1.807) is 0 Å². The highest BCUT2D eigenvalue weighted by Crippen LogP contribution is 2.48. The minimum absolute atomic E-state index is 0.103. The maximum Gasteiger partial charge on any atom is 0.223 e. The van der Waals surface area contributed by atoms with Crippen molar-refractivity contribution in [2.24, 2.45) is 23.7 Å². The van der Waals surface area contributed by atoms with Gasteiger partial charge in [-0.05, 0) is 62.7 Å². The number of aliphatic hydroxyl groups excluding tert-OH is 1. The molecular weight excluding hydrogens is 238 g/mol. The maximum atomic E-state index is 12.5. The molecule has 0 aromatic heterocycles. The first-order valence-electron chi connectivity index (χ1n) is 8.05. The molecule has 3 aliphatic carbocycles. The van der Waals surface area contributed by atoms with Crippen LogP contribution in [0.15, 0.2) is 0 Å². The zero-order valence-corrected chi connectivity index (χ0v) is 12.0. The summed E-state index contributed by atoms with van der Waals surface area (Å²) < 4.78 is 0. The molecule has 3 atom stereocenters. The lowest BCUT2D eigenvalue weighted by molar-refractivity contribution is -0.129. The van der Waals surface area contributed by atoms with E-state index in [-0.39, 0.29) is 24.0 Å². The molecule has 3 heteroatoms. The molecule has 3 fully saturated rings. The minimum atomic E-state index is -0.314. The Kier molecular flexibility index (Phi) is 3.59. The summed E-state index contributed by atoms with van der Waals surface area (Å²) in [5, 5.41) is 13.0. The average Bonchev–Trinajstić information content (AvgIpc) is 3.04. The van der Waals surface area contributed by atoms with E-state index in [2.05, 4.69) is 12.2 Å². The van der Waals surface area contributed by atoms with Crippen molar-refractivity contribution in [3.8, 4) is 0 Å². The fourth-order valence-corrected chi connectivity index (χ4v) is 4.56. The van der Waals surface area contributed by atoms with Gasteiger partial charge in [-0.2, -0.15) is 0 Å². The number of aliphatic hydroxyl groups is 1. The van der Waals surface area contributed by atoms with E-state index in [4.69, 9.17) is 0 Å². The molecule has 3 unspecified atom stereocenters. The van der Waals surface area contributed by atoms with Crippen molar-refractivity contribution in [3.05, 3.63) is 0 Å². The Hall–Kier alpha value is -0.570. The Balaban J connectivity index is 1.61. The molecule has 3 nitrogen and oxygen atoms in total. The van der Waals surface area contributed by atoms with Crippen molar-refractivity contribution in [2.75, 3.05) is 6.61 Å². The fraction of sp³-hybridized carbons (Fsp3) is 0.938. The van der Waals surface area contributed by atoms with Crippen LogP contribution in [0.3, 0.4) is 0 Å². The van der Waals surface area contributed by atoms with Gasteiger partial charge in [-0.15, -0.1) is 0 Å². The highest BCUT2D eigenvalue weighted by atomic mass is 16.3. The van der Waals surface area contributed by atoms with Gasteiger partial charge in [-0.25, -0.2) is 0 Å². The van der Waals surface area contributed by atoms with Crippen LogP contribution < -0.4 is 5.32 Å². The van der Waals surface area contributed by atoms with E-state index in [1.807, 2.05) is 0 Å². The topological polar surface area (TPSA) is 49.3 Å². The third-order valence-corrected chi connectivity index (χ3v) is 6.00.